The molecule has 2 aromatic rings. The second-order valence-electron chi connectivity index (χ2n) is 6.62. The molecule has 0 spiro atoms. The van der Waals surface area contributed by atoms with E-state index >= 15 is 0 Å². The van der Waals surface area contributed by atoms with Crippen LogP contribution >= 0.6 is 11.6 Å². The van der Waals surface area contributed by atoms with E-state index in [1.165, 1.54) is 12.1 Å². The Morgan fingerprint density at radius 2 is 1.85 bits per heavy atom. The summed E-state index contributed by atoms with van der Waals surface area (Å²) in [6.45, 7) is 2.83. The summed E-state index contributed by atoms with van der Waals surface area (Å²) in [6.07, 6.45) is 3.55. The summed E-state index contributed by atoms with van der Waals surface area (Å²) < 4.78 is 13.4. The van der Waals surface area contributed by atoms with Gasteiger partial charge in [-0.2, -0.15) is 0 Å². The summed E-state index contributed by atoms with van der Waals surface area (Å²) in [6, 6.07) is 5.22. The maximum atomic E-state index is 13.4. The molecule has 1 atom stereocenters. The predicted octanol–water partition coefficient (Wildman–Crippen LogP) is 0.306. The van der Waals surface area contributed by atoms with Crippen LogP contribution in [-0.4, -0.2) is 54.0 Å². The molecule has 3 heterocycles. The molecule has 0 radical (unpaired) electrons. The van der Waals surface area contributed by atoms with Gasteiger partial charge in [0.15, 0.2) is 6.04 Å². The zero-order chi connectivity index (χ0) is 19.0. The Morgan fingerprint density at radius 3 is 2.52 bits per heavy atom. The van der Waals surface area contributed by atoms with E-state index in [1.54, 1.807) is 18.5 Å². The van der Waals surface area contributed by atoms with Crippen molar-refractivity contribution in [2.75, 3.05) is 36.0 Å². The molecule has 2 aliphatic heterocycles. The summed E-state index contributed by atoms with van der Waals surface area (Å²) in [5.74, 6) is -0.454. The highest BCUT2D eigenvalue weighted by Gasteiger charge is 2.46. The lowest BCUT2D eigenvalue weighted by molar-refractivity contribution is -0.915. The minimum atomic E-state index is -0.582. The zero-order valence-corrected chi connectivity index (χ0v) is 15.2. The van der Waals surface area contributed by atoms with Crippen LogP contribution in [0.2, 0.25) is 5.02 Å². The molecule has 1 aromatic heterocycles. The Kier molecular flexibility index (Phi) is 4.75. The van der Waals surface area contributed by atoms with E-state index in [2.05, 4.69) is 14.9 Å². The Bertz CT molecular complexity index is 873. The summed E-state index contributed by atoms with van der Waals surface area (Å²) in [5.41, 5.74) is 0.314. The molecule has 0 saturated carbocycles. The van der Waals surface area contributed by atoms with E-state index < -0.39 is 11.9 Å². The van der Waals surface area contributed by atoms with Gasteiger partial charge in [0.25, 0.3) is 5.91 Å². The maximum absolute atomic E-state index is 13.4. The van der Waals surface area contributed by atoms with Gasteiger partial charge in [0, 0.05) is 12.4 Å². The van der Waals surface area contributed by atoms with Gasteiger partial charge in [-0.05, 0) is 24.3 Å². The lowest BCUT2D eigenvalue weighted by atomic mass is 10.2. The standard InChI is InChI=1S/C18H17ClFN5O2/c19-13-10-12(2-3-14(13)20)25-16(26)11-15(17(25)27)23-6-8-24(9-7-23)18-21-4-1-5-22-18/h1-5,10,15H,6-9,11H2/p+1/t15-/m1/s1. The van der Waals surface area contributed by atoms with Crippen LogP contribution in [0.25, 0.3) is 0 Å². The minimum absolute atomic E-state index is 0.111. The number of carbonyl (C=O) groups excluding carboxylic acids is 2. The molecule has 27 heavy (non-hydrogen) atoms. The Balaban J connectivity index is 1.45. The van der Waals surface area contributed by atoms with Crippen molar-refractivity contribution in [1.29, 1.82) is 0 Å². The average molecular weight is 391 g/mol. The summed E-state index contributed by atoms with van der Waals surface area (Å²) in [5, 5.41) is -0.111. The molecule has 1 N–H and O–H groups in total. The molecule has 140 valence electrons. The zero-order valence-electron chi connectivity index (χ0n) is 14.4. The van der Waals surface area contributed by atoms with Crippen molar-refractivity contribution in [2.24, 2.45) is 0 Å². The number of imide groups is 1. The molecule has 4 rings (SSSR count). The second-order valence-corrected chi connectivity index (χ2v) is 7.02. The lowest BCUT2D eigenvalue weighted by Crippen LogP contribution is -3.19. The number of benzene rings is 1. The minimum Gasteiger partial charge on any atom is -0.330 e. The monoisotopic (exact) mass is 390 g/mol. The first kappa shape index (κ1) is 17.8. The van der Waals surface area contributed by atoms with Crippen molar-refractivity contribution >= 4 is 35.1 Å². The normalized spacial score (nSPS) is 21.2. The van der Waals surface area contributed by atoms with Gasteiger partial charge in [-0.25, -0.2) is 19.3 Å². The van der Waals surface area contributed by atoms with E-state index in [4.69, 9.17) is 11.6 Å². The first-order chi connectivity index (χ1) is 13.0. The molecule has 7 nitrogen and oxygen atoms in total. The molecule has 9 heteroatoms. The van der Waals surface area contributed by atoms with E-state index in [0.717, 1.165) is 15.9 Å². The number of nitrogens with zero attached hydrogens (tertiary/aromatic N) is 4. The van der Waals surface area contributed by atoms with Crippen LogP contribution in [0, 0.1) is 5.82 Å². The van der Waals surface area contributed by atoms with Crippen LogP contribution in [0.15, 0.2) is 36.7 Å². The molecule has 2 fully saturated rings. The Labute approximate surface area is 160 Å². The predicted molar refractivity (Wildman–Crippen MR) is 97.2 cm³/mol. The number of anilines is 2. The molecule has 0 bridgehead atoms. The third-order valence-electron chi connectivity index (χ3n) is 5.04. The second kappa shape index (κ2) is 7.21. The highest BCUT2D eigenvalue weighted by molar-refractivity contribution is 6.31. The molecule has 2 amide bonds. The van der Waals surface area contributed by atoms with Gasteiger partial charge in [-0.3, -0.25) is 9.59 Å². The maximum Gasteiger partial charge on any atom is 0.292 e. The quantitative estimate of drug-likeness (QED) is 0.764. The smallest absolute Gasteiger partial charge is 0.292 e. The Hall–Kier alpha value is -2.58. The third-order valence-corrected chi connectivity index (χ3v) is 5.33. The van der Waals surface area contributed by atoms with Crippen molar-refractivity contribution in [3.05, 3.63) is 47.5 Å². The van der Waals surface area contributed by atoms with Crippen LogP contribution < -0.4 is 14.7 Å². The number of hydrogen-bond donors (Lipinski definition) is 1. The highest BCUT2D eigenvalue weighted by Crippen LogP contribution is 2.26. The van der Waals surface area contributed by atoms with E-state index in [0.29, 0.717) is 37.8 Å². The molecular formula is C18H18ClFN5O2+. The molecular weight excluding hydrogens is 373 g/mol. The Morgan fingerprint density at radius 1 is 1.15 bits per heavy atom. The number of hydrogen-bond acceptors (Lipinski definition) is 5. The van der Waals surface area contributed by atoms with Crippen LogP contribution in [0.4, 0.5) is 16.0 Å². The number of nitrogens with one attached hydrogen (secondary N) is 1. The molecule has 2 aliphatic rings. The van der Waals surface area contributed by atoms with E-state index in [1.807, 2.05) is 0 Å². The molecule has 0 aliphatic carbocycles. The first-order valence-corrected chi connectivity index (χ1v) is 9.11. The molecule has 0 unspecified atom stereocenters. The average Bonchev–Trinajstić information content (AvgIpc) is 2.99. The van der Waals surface area contributed by atoms with Crippen molar-refractivity contribution in [3.8, 4) is 0 Å². The van der Waals surface area contributed by atoms with Gasteiger partial charge in [0.05, 0.1) is 43.3 Å². The number of halogens is 2. The highest BCUT2D eigenvalue weighted by atomic mass is 35.5. The fraction of sp³-hybridized carbons (Fsp3) is 0.333. The molecule has 1 aromatic carbocycles. The van der Waals surface area contributed by atoms with Crippen molar-refractivity contribution in [3.63, 3.8) is 0 Å². The summed E-state index contributed by atoms with van der Waals surface area (Å²) >= 11 is 5.80. The topological polar surface area (TPSA) is 70.8 Å². The lowest BCUT2D eigenvalue weighted by Gasteiger charge is -2.34. The summed E-state index contributed by atoms with van der Waals surface area (Å²) in [7, 11) is 0. The van der Waals surface area contributed by atoms with Crippen LogP contribution in [0.3, 0.4) is 0 Å². The van der Waals surface area contributed by atoms with Gasteiger partial charge in [-0.1, -0.05) is 11.6 Å². The van der Waals surface area contributed by atoms with E-state index in [-0.39, 0.29) is 23.3 Å². The van der Waals surface area contributed by atoms with E-state index in [9.17, 15) is 14.0 Å². The summed E-state index contributed by atoms with van der Waals surface area (Å²) in [4.78, 5) is 38.1. The van der Waals surface area contributed by atoms with Gasteiger partial charge in [0.2, 0.25) is 11.9 Å². The number of amides is 2. The van der Waals surface area contributed by atoms with Gasteiger partial charge in [-0.15, -0.1) is 0 Å². The number of rotatable bonds is 3. The molecule has 2 saturated heterocycles. The SMILES string of the molecule is O=C1C[C@@H]([NH+]2CCN(c3ncccn3)CC2)C(=O)N1c1ccc(F)c(Cl)c1. The van der Waals surface area contributed by atoms with Gasteiger partial charge < -0.3 is 9.80 Å². The fourth-order valence-corrected chi connectivity index (χ4v) is 3.82. The number of piperazine rings is 1. The van der Waals surface area contributed by atoms with Crippen molar-refractivity contribution in [1.82, 2.24) is 9.97 Å². The largest absolute Gasteiger partial charge is 0.330 e. The fourth-order valence-electron chi connectivity index (χ4n) is 3.64. The van der Waals surface area contributed by atoms with Gasteiger partial charge in [0.1, 0.15) is 5.82 Å². The van der Waals surface area contributed by atoms with Crippen LogP contribution in [0.5, 0.6) is 0 Å². The number of quaternary nitrogens is 1. The van der Waals surface area contributed by atoms with Gasteiger partial charge >= 0.3 is 0 Å². The number of carbonyl (C=O) groups is 2. The van der Waals surface area contributed by atoms with Crippen LogP contribution in [0.1, 0.15) is 6.42 Å². The first-order valence-electron chi connectivity index (χ1n) is 8.73. The third kappa shape index (κ3) is 3.38. The number of aromatic nitrogens is 2. The van der Waals surface area contributed by atoms with Crippen LogP contribution in [-0.2, 0) is 9.59 Å². The van der Waals surface area contributed by atoms with Crippen molar-refractivity contribution < 1.29 is 18.9 Å². The van der Waals surface area contributed by atoms with Crippen molar-refractivity contribution in [2.45, 2.75) is 12.5 Å².